The maximum Gasteiger partial charge on any atom is 0.414 e. The van der Waals surface area contributed by atoms with Gasteiger partial charge in [0.15, 0.2) is 0 Å². The number of hydrogen-bond acceptors (Lipinski definition) is 6. The van der Waals surface area contributed by atoms with Gasteiger partial charge in [-0.1, -0.05) is 35.5 Å². The summed E-state index contributed by atoms with van der Waals surface area (Å²) in [7, 11) is 0. The first-order valence-electron chi connectivity index (χ1n) is 9.55. The van der Waals surface area contributed by atoms with E-state index in [4.69, 9.17) is 21.1 Å². The molecule has 2 atom stereocenters. The van der Waals surface area contributed by atoms with Crippen LogP contribution in [-0.4, -0.2) is 41.7 Å². The summed E-state index contributed by atoms with van der Waals surface area (Å²) in [4.78, 5) is 36.2. The molecule has 2 fully saturated rings. The van der Waals surface area contributed by atoms with E-state index in [0.717, 1.165) is 23.4 Å². The van der Waals surface area contributed by atoms with Gasteiger partial charge in [-0.3, -0.25) is 19.8 Å². The molecule has 10 heteroatoms. The molecule has 2 aromatic rings. The molecule has 2 aliphatic heterocycles. The van der Waals surface area contributed by atoms with Crippen molar-refractivity contribution < 1.29 is 28.2 Å². The third kappa shape index (κ3) is 5.11. The fourth-order valence-corrected chi connectivity index (χ4v) is 4.36. The van der Waals surface area contributed by atoms with Crippen molar-refractivity contribution in [2.24, 2.45) is 0 Å². The SMILES string of the molecule is O=C1NC(=O)C(Cc2ccc(OCCC3CN(c4ccc(Cl)cc4F)C(=O)O3)cc2)S1. The van der Waals surface area contributed by atoms with Crippen LogP contribution in [0.4, 0.5) is 19.7 Å². The highest BCUT2D eigenvalue weighted by molar-refractivity contribution is 8.15. The van der Waals surface area contributed by atoms with Gasteiger partial charge in [0.25, 0.3) is 5.24 Å². The highest BCUT2D eigenvalue weighted by Gasteiger charge is 2.34. The largest absolute Gasteiger partial charge is 0.493 e. The van der Waals surface area contributed by atoms with Crippen molar-refractivity contribution in [2.75, 3.05) is 18.1 Å². The number of nitrogens with zero attached hydrogens (tertiary/aromatic N) is 1. The van der Waals surface area contributed by atoms with Crippen molar-refractivity contribution in [3.63, 3.8) is 0 Å². The first-order chi connectivity index (χ1) is 14.9. The number of carbonyl (C=O) groups excluding carboxylic acids is 3. The Labute approximate surface area is 186 Å². The molecule has 31 heavy (non-hydrogen) atoms. The molecular weight excluding hydrogens is 447 g/mol. The lowest BCUT2D eigenvalue weighted by Gasteiger charge is -2.14. The molecule has 0 bridgehead atoms. The normalized spacial score (nSPS) is 20.7. The molecule has 0 saturated carbocycles. The van der Waals surface area contributed by atoms with Crippen molar-refractivity contribution in [1.29, 1.82) is 0 Å². The average molecular weight is 465 g/mol. The second kappa shape index (κ2) is 9.15. The van der Waals surface area contributed by atoms with Gasteiger partial charge in [-0.05, 0) is 42.3 Å². The van der Waals surface area contributed by atoms with E-state index in [1.54, 1.807) is 12.1 Å². The van der Waals surface area contributed by atoms with Gasteiger partial charge < -0.3 is 9.47 Å². The van der Waals surface area contributed by atoms with Crippen molar-refractivity contribution in [1.82, 2.24) is 5.32 Å². The average Bonchev–Trinajstić information content (AvgIpc) is 3.24. The van der Waals surface area contributed by atoms with Crippen LogP contribution in [-0.2, 0) is 16.0 Å². The summed E-state index contributed by atoms with van der Waals surface area (Å²) < 4.78 is 25.1. The van der Waals surface area contributed by atoms with Gasteiger partial charge in [0.1, 0.15) is 17.7 Å². The number of nitrogens with one attached hydrogen (secondary N) is 1. The summed E-state index contributed by atoms with van der Waals surface area (Å²) in [6, 6.07) is 11.4. The zero-order valence-corrected chi connectivity index (χ0v) is 17.7. The number of amides is 3. The van der Waals surface area contributed by atoms with Crippen LogP contribution < -0.4 is 15.0 Å². The van der Waals surface area contributed by atoms with Crippen LogP contribution in [0.15, 0.2) is 42.5 Å². The van der Waals surface area contributed by atoms with Crippen LogP contribution in [0, 0.1) is 5.82 Å². The van der Waals surface area contributed by atoms with E-state index in [2.05, 4.69) is 5.32 Å². The summed E-state index contributed by atoms with van der Waals surface area (Å²) in [5.41, 5.74) is 1.05. The highest BCUT2D eigenvalue weighted by Crippen LogP contribution is 2.28. The number of halogens is 2. The van der Waals surface area contributed by atoms with Gasteiger partial charge in [-0.2, -0.15) is 0 Å². The van der Waals surface area contributed by atoms with Crippen LogP contribution in [0.2, 0.25) is 5.02 Å². The fraction of sp³-hybridized carbons (Fsp3) is 0.286. The summed E-state index contributed by atoms with van der Waals surface area (Å²) in [6.45, 7) is 0.531. The minimum absolute atomic E-state index is 0.129. The topological polar surface area (TPSA) is 84.9 Å². The van der Waals surface area contributed by atoms with Gasteiger partial charge in [0.2, 0.25) is 5.91 Å². The molecule has 0 radical (unpaired) electrons. The Morgan fingerprint density at radius 1 is 1.19 bits per heavy atom. The lowest BCUT2D eigenvalue weighted by molar-refractivity contribution is -0.118. The van der Waals surface area contributed by atoms with Crippen molar-refractivity contribution in [2.45, 2.75) is 24.2 Å². The number of imide groups is 1. The van der Waals surface area contributed by atoms with E-state index in [1.165, 1.54) is 17.0 Å². The molecule has 2 aliphatic rings. The van der Waals surface area contributed by atoms with Crippen molar-refractivity contribution in [3.05, 3.63) is 58.9 Å². The number of cyclic esters (lactones) is 1. The molecule has 2 aromatic carbocycles. The van der Waals surface area contributed by atoms with E-state index in [0.29, 0.717) is 25.2 Å². The third-order valence-electron chi connectivity index (χ3n) is 4.89. The molecule has 162 valence electrons. The molecule has 2 heterocycles. The molecule has 1 N–H and O–H groups in total. The Morgan fingerprint density at radius 3 is 2.65 bits per heavy atom. The van der Waals surface area contributed by atoms with Crippen LogP contribution >= 0.6 is 23.4 Å². The van der Waals surface area contributed by atoms with E-state index < -0.39 is 23.3 Å². The Hall–Kier alpha value is -2.78. The zero-order valence-electron chi connectivity index (χ0n) is 16.2. The number of hydrogen-bond donors (Lipinski definition) is 1. The Morgan fingerprint density at radius 2 is 1.97 bits per heavy atom. The molecule has 0 aliphatic carbocycles. The molecule has 4 rings (SSSR count). The van der Waals surface area contributed by atoms with Crippen LogP contribution in [0.25, 0.3) is 0 Å². The predicted octanol–water partition coefficient (Wildman–Crippen LogP) is 4.17. The second-order valence-corrected chi connectivity index (χ2v) is 8.69. The summed E-state index contributed by atoms with van der Waals surface area (Å²) in [6.07, 6.45) is -0.127. The number of benzene rings is 2. The molecule has 0 spiro atoms. The Balaban J connectivity index is 1.25. The maximum atomic E-state index is 14.1. The summed E-state index contributed by atoms with van der Waals surface area (Å²) in [5.74, 6) is -0.221. The molecular formula is C21H18ClFN2O5S. The number of ether oxygens (including phenoxy) is 2. The quantitative estimate of drug-likeness (QED) is 0.662. The van der Waals surface area contributed by atoms with Gasteiger partial charge in [0.05, 0.1) is 24.1 Å². The predicted molar refractivity (Wildman–Crippen MR) is 114 cm³/mol. The zero-order chi connectivity index (χ0) is 22.0. The first kappa shape index (κ1) is 21.5. The van der Waals surface area contributed by atoms with E-state index in [1.807, 2.05) is 12.1 Å². The van der Waals surface area contributed by atoms with Gasteiger partial charge in [-0.25, -0.2) is 9.18 Å². The number of carbonyl (C=O) groups is 3. The van der Waals surface area contributed by atoms with Crippen molar-refractivity contribution >= 4 is 46.3 Å². The number of thioether (sulfide) groups is 1. The lowest BCUT2D eigenvalue weighted by Crippen LogP contribution is -2.25. The van der Waals surface area contributed by atoms with Gasteiger partial charge in [0, 0.05) is 11.4 Å². The lowest BCUT2D eigenvalue weighted by atomic mass is 10.1. The highest BCUT2D eigenvalue weighted by atomic mass is 35.5. The smallest absolute Gasteiger partial charge is 0.414 e. The Bertz CT molecular complexity index is 1020. The van der Waals surface area contributed by atoms with Crippen LogP contribution in [0.1, 0.15) is 12.0 Å². The minimum Gasteiger partial charge on any atom is -0.493 e. The fourth-order valence-electron chi connectivity index (χ4n) is 3.34. The first-order valence-corrected chi connectivity index (χ1v) is 10.8. The van der Waals surface area contributed by atoms with Gasteiger partial charge >= 0.3 is 6.09 Å². The van der Waals surface area contributed by atoms with Crippen LogP contribution in [0.3, 0.4) is 0 Å². The second-order valence-electron chi connectivity index (χ2n) is 7.08. The maximum absolute atomic E-state index is 14.1. The Kier molecular flexibility index (Phi) is 6.33. The van der Waals surface area contributed by atoms with Crippen LogP contribution in [0.5, 0.6) is 5.75 Å². The van der Waals surface area contributed by atoms with Crippen molar-refractivity contribution in [3.8, 4) is 5.75 Å². The number of anilines is 1. The standard InChI is InChI=1S/C21H18ClFN2O5S/c22-13-3-6-17(16(23)10-13)25-11-15(30-21(25)28)7-8-29-14-4-1-12(2-5-14)9-18-19(26)24-20(27)31-18/h1-6,10,15,18H,7-9,11H2,(H,24,26,27). The summed E-state index contributed by atoms with van der Waals surface area (Å²) >= 11 is 6.75. The molecule has 0 aromatic heterocycles. The molecule has 2 saturated heterocycles. The van der Waals surface area contributed by atoms with E-state index in [9.17, 15) is 18.8 Å². The van der Waals surface area contributed by atoms with Gasteiger partial charge in [-0.15, -0.1) is 0 Å². The monoisotopic (exact) mass is 464 g/mol. The summed E-state index contributed by atoms with van der Waals surface area (Å²) in [5, 5.41) is 1.79. The minimum atomic E-state index is -0.608. The number of rotatable bonds is 7. The molecule has 7 nitrogen and oxygen atoms in total. The molecule has 2 unspecified atom stereocenters. The third-order valence-corrected chi connectivity index (χ3v) is 6.11. The van der Waals surface area contributed by atoms with E-state index in [-0.39, 0.29) is 28.4 Å². The molecule has 3 amide bonds. The van der Waals surface area contributed by atoms with E-state index >= 15 is 0 Å².